The number of carbonyl (C=O) groups is 2. The zero-order chi connectivity index (χ0) is 14.4. The van der Waals surface area contributed by atoms with Crippen molar-refractivity contribution in [3.8, 4) is 11.8 Å². The molecule has 1 rings (SSSR count). The molecule has 19 heavy (non-hydrogen) atoms. The third kappa shape index (κ3) is 3.90. The Morgan fingerprint density at radius 1 is 1.42 bits per heavy atom. The lowest BCUT2D eigenvalue weighted by Crippen LogP contribution is -2.06. The highest BCUT2D eigenvalue weighted by Gasteiger charge is 2.13. The molecule has 6 heteroatoms. The minimum absolute atomic E-state index is 0.139. The number of nitrogens with two attached hydrogens (primary N) is 1. The predicted molar refractivity (Wildman–Crippen MR) is 70.7 cm³/mol. The predicted octanol–water partition coefficient (Wildman–Crippen LogP) is 1.62. The van der Waals surface area contributed by atoms with Gasteiger partial charge < -0.3 is 15.2 Å². The number of methoxy groups -OCH3 is 1. The largest absolute Gasteiger partial charge is 0.465 e. The maximum absolute atomic E-state index is 11.5. The van der Waals surface area contributed by atoms with E-state index < -0.39 is 11.9 Å². The summed E-state index contributed by atoms with van der Waals surface area (Å²) in [5.41, 5.74) is 6.26. The molecule has 5 nitrogen and oxygen atoms in total. The number of esters is 2. The van der Waals surface area contributed by atoms with E-state index in [9.17, 15) is 9.59 Å². The Labute approximate surface area is 115 Å². The molecule has 1 aromatic carbocycles. The molecule has 0 saturated heterocycles. The van der Waals surface area contributed by atoms with Gasteiger partial charge in [0.05, 0.1) is 24.3 Å². The van der Waals surface area contributed by atoms with Crippen molar-refractivity contribution in [3.05, 3.63) is 28.3 Å². The first kappa shape index (κ1) is 14.9. The Kier molecular flexibility index (Phi) is 5.22. The third-order valence-electron chi connectivity index (χ3n) is 2.12. The lowest BCUT2D eigenvalue weighted by atomic mass is 10.1. The van der Waals surface area contributed by atoms with E-state index in [0.29, 0.717) is 5.56 Å². The van der Waals surface area contributed by atoms with Gasteiger partial charge >= 0.3 is 11.9 Å². The molecule has 0 aromatic heterocycles. The fourth-order valence-electron chi connectivity index (χ4n) is 1.26. The second-order valence-corrected chi connectivity index (χ2v) is 3.79. The first-order chi connectivity index (χ1) is 8.99. The fraction of sp³-hybridized carbons (Fsp3) is 0.231. The minimum atomic E-state index is -0.671. The molecule has 0 heterocycles. The lowest BCUT2D eigenvalue weighted by Gasteiger charge is -2.05. The number of nitrogen functional groups attached to an aromatic ring is 1. The molecule has 0 spiro atoms. The molecule has 0 aliphatic carbocycles. The Bertz CT molecular complexity index is 572. The van der Waals surface area contributed by atoms with E-state index in [1.54, 1.807) is 6.92 Å². The summed E-state index contributed by atoms with van der Waals surface area (Å²) >= 11 is 5.92. The highest BCUT2D eigenvalue weighted by atomic mass is 35.5. The zero-order valence-electron chi connectivity index (χ0n) is 10.5. The van der Waals surface area contributed by atoms with Gasteiger partial charge in [-0.3, -0.25) is 0 Å². The number of halogens is 1. The highest BCUT2D eigenvalue weighted by Crippen LogP contribution is 2.23. The van der Waals surface area contributed by atoms with Gasteiger partial charge in [-0.25, -0.2) is 9.59 Å². The van der Waals surface area contributed by atoms with Crippen molar-refractivity contribution in [2.45, 2.75) is 6.92 Å². The van der Waals surface area contributed by atoms with Crippen LogP contribution in [0.2, 0.25) is 5.02 Å². The molecule has 0 amide bonds. The van der Waals surface area contributed by atoms with Crippen LogP contribution in [-0.4, -0.2) is 25.7 Å². The van der Waals surface area contributed by atoms with Gasteiger partial charge in [0.15, 0.2) is 0 Å². The first-order valence-electron chi connectivity index (χ1n) is 5.35. The summed E-state index contributed by atoms with van der Waals surface area (Å²) in [6.07, 6.45) is 0. The van der Waals surface area contributed by atoms with Crippen LogP contribution in [0.4, 0.5) is 5.69 Å². The summed E-state index contributed by atoms with van der Waals surface area (Å²) in [7, 11) is 1.24. The SMILES string of the molecule is CCOC(=O)C#Cc1cc(C(=O)OC)c(N)cc1Cl. The summed E-state index contributed by atoms with van der Waals surface area (Å²) in [6, 6.07) is 2.75. The van der Waals surface area contributed by atoms with Crippen molar-refractivity contribution >= 4 is 29.2 Å². The molecule has 0 saturated carbocycles. The van der Waals surface area contributed by atoms with Crippen LogP contribution in [0.25, 0.3) is 0 Å². The lowest BCUT2D eigenvalue weighted by molar-refractivity contribution is -0.136. The number of hydrogen-bond donors (Lipinski definition) is 1. The molecular formula is C13H12ClNO4. The molecule has 1 aromatic rings. The van der Waals surface area contributed by atoms with Crippen molar-refractivity contribution in [2.75, 3.05) is 19.5 Å². The topological polar surface area (TPSA) is 78.6 Å². The smallest absolute Gasteiger partial charge is 0.384 e. The van der Waals surface area contributed by atoms with E-state index in [-0.39, 0.29) is 22.9 Å². The van der Waals surface area contributed by atoms with Crippen LogP contribution >= 0.6 is 11.6 Å². The van der Waals surface area contributed by atoms with E-state index in [2.05, 4.69) is 21.3 Å². The molecule has 100 valence electrons. The molecule has 0 radical (unpaired) electrons. The Balaban J connectivity index is 3.15. The van der Waals surface area contributed by atoms with E-state index in [1.165, 1.54) is 19.2 Å². The Morgan fingerprint density at radius 2 is 2.11 bits per heavy atom. The number of anilines is 1. The van der Waals surface area contributed by atoms with E-state index in [1.807, 2.05) is 0 Å². The fourth-order valence-corrected chi connectivity index (χ4v) is 1.48. The van der Waals surface area contributed by atoms with Crippen molar-refractivity contribution in [2.24, 2.45) is 0 Å². The summed E-state index contributed by atoms with van der Waals surface area (Å²) < 4.78 is 9.23. The Hall–Kier alpha value is -2.19. The van der Waals surface area contributed by atoms with Gasteiger partial charge in [0, 0.05) is 17.2 Å². The van der Waals surface area contributed by atoms with Crippen molar-refractivity contribution < 1.29 is 19.1 Å². The molecule has 0 bridgehead atoms. The van der Waals surface area contributed by atoms with E-state index in [0.717, 1.165) is 0 Å². The molecule has 0 fully saturated rings. The van der Waals surface area contributed by atoms with Gasteiger partial charge in [-0.2, -0.15) is 0 Å². The zero-order valence-corrected chi connectivity index (χ0v) is 11.2. The van der Waals surface area contributed by atoms with Gasteiger partial charge in [-0.15, -0.1) is 0 Å². The van der Waals surface area contributed by atoms with Crippen LogP contribution in [0.15, 0.2) is 12.1 Å². The average Bonchev–Trinajstić information content (AvgIpc) is 2.37. The molecule has 0 atom stereocenters. The second-order valence-electron chi connectivity index (χ2n) is 3.38. The molecule has 0 aliphatic heterocycles. The van der Waals surface area contributed by atoms with Crippen molar-refractivity contribution in [1.29, 1.82) is 0 Å². The van der Waals surface area contributed by atoms with Crippen LogP contribution in [-0.2, 0) is 14.3 Å². The second kappa shape index (κ2) is 6.66. The molecular weight excluding hydrogens is 270 g/mol. The van der Waals surface area contributed by atoms with Crippen LogP contribution < -0.4 is 5.73 Å². The monoisotopic (exact) mass is 281 g/mol. The van der Waals surface area contributed by atoms with E-state index in [4.69, 9.17) is 17.3 Å². The summed E-state index contributed by atoms with van der Waals surface area (Å²) in [4.78, 5) is 22.6. The molecule has 2 N–H and O–H groups in total. The number of benzene rings is 1. The first-order valence-corrected chi connectivity index (χ1v) is 5.73. The van der Waals surface area contributed by atoms with Gasteiger partial charge in [0.1, 0.15) is 0 Å². The number of ether oxygens (including phenoxy) is 2. The minimum Gasteiger partial charge on any atom is -0.465 e. The van der Waals surface area contributed by atoms with Gasteiger partial charge in [-0.05, 0) is 19.1 Å². The third-order valence-corrected chi connectivity index (χ3v) is 2.43. The molecule has 0 unspecified atom stereocenters. The van der Waals surface area contributed by atoms with Crippen molar-refractivity contribution in [3.63, 3.8) is 0 Å². The van der Waals surface area contributed by atoms with Gasteiger partial charge in [-0.1, -0.05) is 17.5 Å². The summed E-state index contributed by atoms with van der Waals surface area (Å²) in [5, 5.41) is 0.238. The maximum Gasteiger partial charge on any atom is 0.384 e. The van der Waals surface area contributed by atoms with Crippen LogP contribution in [0.3, 0.4) is 0 Å². The van der Waals surface area contributed by atoms with Gasteiger partial charge in [0.2, 0.25) is 0 Å². The van der Waals surface area contributed by atoms with Crippen LogP contribution in [0.1, 0.15) is 22.8 Å². The van der Waals surface area contributed by atoms with Crippen LogP contribution in [0.5, 0.6) is 0 Å². The quantitative estimate of drug-likeness (QED) is 0.506. The molecule has 0 aliphatic rings. The number of carbonyl (C=O) groups excluding carboxylic acids is 2. The normalized spacial score (nSPS) is 9.21. The Morgan fingerprint density at radius 3 is 2.68 bits per heavy atom. The maximum atomic E-state index is 11.5. The highest BCUT2D eigenvalue weighted by molar-refractivity contribution is 6.32. The summed E-state index contributed by atoms with van der Waals surface area (Å²) in [5.74, 6) is 3.51. The van der Waals surface area contributed by atoms with E-state index >= 15 is 0 Å². The standard InChI is InChI=1S/C13H12ClNO4/c1-3-19-12(16)5-4-8-6-9(13(17)18-2)11(15)7-10(8)14/h6-7H,3,15H2,1-2H3. The van der Waals surface area contributed by atoms with Gasteiger partial charge in [0.25, 0.3) is 0 Å². The van der Waals surface area contributed by atoms with Crippen LogP contribution in [0, 0.1) is 11.8 Å². The van der Waals surface area contributed by atoms with Crippen molar-refractivity contribution in [1.82, 2.24) is 0 Å². The average molecular weight is 282 g/mol. The summed E-state index contributed by atoms with van der Waals surface area (Å²) in [6.45, 7) is 1.90. The number of rotatable bonds is 2. The number of hydrogen-bond acceptors (Lipinski definition) is 5.